The third-order valence-electron chi connectivity index (χ3n) is 4.03. The fraction of sp³-hybridized carbons (Fsp3) is 0.400. The van der Waals surface area contributed by atoms with Crippen molar-refractivity contribution in [1.29, 1.82) is 0 Å². The molecule has 6 heteroatoms. The maximum Gasteiger partial charge on any atom is 0.251 e. The Morgan fingerprint density at radius 3 is 2.95 bits per heavy atom. The number of rotatable bonds is 2. The normalized spacial score (nSPS) is 21.0. The van der Waals surface area contributed by atoms with Crippen molar-refractivity contribution < 1.29 is 14.4 Å². The number of carbonyl (C=O) groups is 3. The summed E-state index contributed by atoms with van der Waals surface area (Å²) in [7, 11) is 1.45. The van der Waals surface area contributed by atoms with Crippen LogP contribution in [0.25, 0.3) is 0 Å². The first-order chi connectivity index (χ1) is 10.1. The van der Waals surface area contributed by atoms with E-state index in [1.807, 2.05) is 12.1 Å². The molecule has 0 saturated carbocycles. The lowest BCUT2D eigenvalue weighted by atomic mass is 10.0. The van der Waals surface area contributed by atoms with E-state index in [4.69, 9.17) is 0 Å². The Hall–Kier alpha value is -2.37. The molecule has 2 aliphatic heterocycles. The summed E-state index contributed by atoms with van der Waals surface area (Å²) in [5, 5.41) is 5.96. The third kappa shape index (κ3) is 2.49. The highest BCUT2D eigenvalue weighted by Crippen LogP contribution is 2.23. The maximum atomic E-state index is 12.3. The molecule has 21 heavy (non-hydrogen) atoms. The van der Waals surface area contributed by atoms with E-state index in [0.29, 0.717) is 12.0 Å². The van der Waals surface area contributed by atoms with Crippen LogP contribution < -0.4 is 10.6 Å². The fourth-order valence-electron chi connectivity index (χ4n) is 2.74. The van der Waals surface area contributed by atoms with Gasteiger partial charge in [-0.1, -0.05) is 0 Å². The highest BCUT2D eigenvalue weighted by atomic mass is 16.2. The number of hydrogen-bond donors (Lipinski definition) is 2. The third-order valence-corrected chi connectivity index (χ3v) is 4.03. The van der Waals surface area contributed by atoms with Crippen LogP contribution in [-0.2, 0) is 16.0 Å². The van der Waals surface area contributed by atoms with E-state index in [0.717, 1.165) is 29.1 Å². The molecular weight excluding hydrogens is 270 g/mol. The number of benzene rings is 1. The first-order valence-corrected chi connectivity index (χ1v) is 7.04. The number of nitrogens with zero attached hydrogens (tertiary/aromatic N) is 1. The number of hydrogen-bond acceptors (Lipinski definition) is 4. The Bertz CT molecular complexity index is 627. The lowest BCUT2D eigenvalue weighted by molar-refractivity contribution is -0.147. The van der Waals surface area contributed by atoms with Gasteiger partial charge in [-0.05, 0) is 36.6 Å². The summed E-state index contributed by atoms with van der Waals surface area (Å²) in [5.41, 5.74) is 2.72. The minimum atomic E-state index is -0.619. The van der Waals surface area contributed by atoms with Gasteiger partial charge in [0, 0.05) is 31.3 Å². The van der Waals surface area contributed by atoms with Crippen LogP contribution in [0.3, 0.4) is 0 Å². The molecule has 2 N–H and O–H groups in total. The van der Waals surface area contributed by atoms with Gasteiger partial charge < -0.3 is 10.6 Å². The predicted octanol–water partition coefficient (Wildman–Crippen LogP) is 0.532. The summed E-state index contributed by atoms with van der Waals surface area (Å²) >= 11 is 0. The number of likely N-dealkylation sites (tertiary alicyclic amines) is 1. The highest BCUT2D eigenvalue weighted by Gasteiger charge is 2.32. The second kappa shape index (κ2) is 5.20. The van der Waals surface area contributed by atoms with Crippen LogP contribution in [0.15, 0.2) is 18.2 Å². The number of likely N-dealkylation sites (N-methyl/N-ethyl adjacent to an activating group) is 1. The molecule has 0 spiro atoms. The zero-order valence-electron chi connectivity index (χ0n) is 11.8. The van der Waals surface area contributed by atoms with Gasteiger partial charge in [0.15, 0.2) is 0 Å². The molecule has 1 unspecified atom stereocenters. The Kier molecular flexibility index (Phi) is 3.37. The van der Waals surface area contributed by atoms with Gasteiger partial charge in [0.1, 0.15) is 6.04 Å². The molecule has 0 radical (unpaired) electrons. The van der Waals surface area contributed by atoms with E-state index in [1.54, 1.807) is 6.07 Å². The largest absolute Gasteiger partial charge is 0.384 e. The van der Waals surface area contributed by atoms with E-state index >= 15 is 0 Å². The van der Waals surface area contributed by atoms with Gasteiger partial charge in [-0.2, -0.15) is 0 Å². The van der Waals surface area contributed by atoms with Crippen LogP contribution in [0, 0.1) is 0 Å². The van der Waals surface area contributed by atoms with Crippen LogP contribution in [0.5, 0.6) is 0 Å². The number of amides is 3. The van der Waals surface area contributed by atoms with Crippen molar-refractivity contribution in [1.82, 2.24) is 10.2 Å². The second-order valence-corrected chi connectivity index (χ2v) is 5.40. The number of fused-ring (bicyclic) bond motifs is 1. The van der Waals surface area contributed by atoms with Crippen molar-refractivity contribution in [3.63, 3.8) is 0 Å². The van der Waals surface area contributed by atoms with Gasteiger partial charge in [-0.25, -0.2) is 0 Å². The molecule has 0 aliphatic carbocycles. The maximum absolute atomic E-state index is 12.3. The average Bonchev–Trinajstić information content (AvgIpc) is 2.95. The quantitative estimate of drug-likeness (QED) is 0.778. The summed E-state index contributed by atoms with van der Waals surface area (Å²) in [6.07, 6.45) is 1.54. The number of imide groups is 1. The average molecular weight is 287 g/mol. The molecule has 110 valence electrons. The minimum Gasteiger partial charge on any atom is -0.384 e. The molecule has 6 nitrogen and oxygen atoms in total. The van der Waals surface area contributed by atoms with Crippen LogP contribution in [0.2, 0.25) is 0 Å². The van der Waals surface area contributed by atoms with Gasteiger partial charge >= 0.3 is 0 Å². The van der Waals surface area contributed by atoms with Crippen molar-refractivity contribution in [2.45, 2.75) is 25.3 Å². The van der Waals surface area contributed by atoms with E-state index in [9.17, 15) is 14.4 Å². The molecule has 1 atom stereocenters. The van der Waals surface area contributed by atoms with E-state index < -0.39 is 6.04 Å². The predicted molar refractivity (Wildman–Crippen MR) is 76.9 cm³/mol. The standard InChI is InChI=1S/C15H17N3O3/c1-18-13(19)5-4-12(15(18)21)17-14(20)10-2-3-11-9(8-10)6-7-16-11/h2-3,8,12,16H,4-7H2,1H3,(H,17,20). The molecule has 1 aromatic carbocycles. The summed E-state index contributed by atoms with van der Waals surface area (Å²) in [6.45, 7) is 0.883. The van der Waals surface area contributed by atoms with Crippen molar-refractivity contribution in [2.24, 2.45) is 0 Å². The molecule has 2 aliphatic rings. The van der Waals surface area contributed by atoms with Gasteiger partial charge in [0.2, 0.25) is 5.91 Å². The number of nitrogens with one attached hydrogen (secondary N) is 2. The van der Waals surface area contributed by atoms with E-state index in [-0.39, 0.29) is 24.1 Å². The Morgan fingerprint density at radius 2 is 2.14 bits per heavy atom. The Morgan fingerprint density at radius 1 is 1.33 bits per heavy atom. The van der Waals surface area contributed by atoms with Crippen molar-refractivity contribution in [3.8, 4) is 0 Å². The van der Waals surface area contributed by atoms with E-state index in [2.05, 4.69) is 10.6 Å². The second-order valence-electron chi connectivity index (χ2n) is 5.40. The first-order valence-electron chi connectivity index (χ1n) is 7.04. The Balaban J connectivity index is 1.72. The van der Waals surface area contributed by atoms with Gasteiger partial charge in [0.25, 0.3) is 11.8 Å². The van der Waals surface area contributed by atoms with Crippen LogP contribution >= 0.6 is 0 Å². The van der Waals surface area contributed by atoms with Crippen LogP contribution in [0.1, 0.15) is 28.8 Å². The molecule has 0 bridgehead atoms. The molecule has 1 fully saturated rings. The lowest BCUT2D eigenvalue weighted by Gasteiger charge is -2.28. The SMILES string of the molecule is CN1C(=O)CCC(NC(=O)c2ccc3c(c2)CCN3)C1=O. The summed E-state index contributed by atoms with van der Waals surface area (Å²) in [4.78, 5) is 36.7. The summed E-state index contributed by atoms with van der Waals surface area (Å²) in [6, 6.07) is 4.86. The fourth-order valence-corrected chi connectivity index (χ4v) is 2.74. The van der Waals surface area contributed by atoms with Crippen molar-refractivity contribution in [3.05, 3.63) is 29.3 Å². The minimum absolute atomic E-state index is 0.200. The molecular formula is C15H17N3O3. The lowest BCUT2D eigenvalue weighted by Crippen LogP contribution is -2.52. The number of carbonyl (C=O) groups excluding carboxylic acids is 3. The monoisotopic (exact) mass is 287 g/mol. The zero-order valence-corrected chi connectivity index (χ0v) is 11.8. The smallest absolute Gasteiger partial charge is 0.251 e. The van der Waals surface area contributed by atoms with E-state index in [1.165, 1.54) is 7.05 Å². The van der Waals surface area contributed by atoms with Crippen LogP contribution in [0.4, 0.5) is 5.69 Å². The highest BCUT2D eigenvalue weighted by molar-refractivity contribution is 6.03. The zero-order chi connectivity index (χ0) is 15.0. The number of anilines is 1. The van der Waals surface area contributed by atoms with Crippen LogP contribution in [-0.4, -0.2) is 42.3 Å². The molecule has 0 aromatic heterocycles. The number of piperidine rings is 1. The molecule has 3 amide bonds. The van der Waals surface area contributed by atoms with Crippen molar-refractivity contribution in [2.75, 3.05) is 18.9 Å². The van der Waals surface area contributed by atoms with Crippen molar-refractivity contribution >= 4 is 23.4 Å². The molecule has 1 saturated heterocycles. The molecule has 2 heterocycles. The van der Waals surface area contributed by atoms with Gasteiger partial charge in [-0.15, -0.1) is 0 Å². The van der Waals surface area contributed by atoms with Gasteiger partial charge in [0.05, 0.1) is 0 Å². The summed E-state index contributed by atoms with van der Waals surface area (Å²) in [5.74, 6) is -0.817. The Labute approximate surface area is 122 Å². The molecule has 1 aromatic rings. The topological polar surface area (TPSA) is 78.5 Å². The first kappa shape index (κ1) is 13.6. The van der Waals surface area contributed by atoms with Gasteiger partial charge in [-0.3, -0.25) is 19.3 Å². The summed E-state index contributed by atoms with van der Waals surface area (Å²) < 4.78 is 0. The molecule has 3 rings (SSSR count).